The van der Waals surface area contributed by atoms with E-state index in [0.29, 0.717) is 4.68 Å². The number of benzene rings is 1. The normalized spacial score (nSPS) is 11.2. The van der Waals surface area contributed by atoms with Crippen molar-refractivity contribution in [2.75, 3.05) is 5.32 Å². The molecule has 0 atom stereocenters. The van der Waals surface area contributed by atoms with Crippen LogP contribution in [0.1, 0.15) is 28.7 Å². The van der Waals surface area contributed by atoms with E-state index in [-0.39, 0.29) is 23.5 Å². The van der Waals surface area contributed by atoms with Crippen molar-refractivity contribution in [1.29, 1.82) is 0 Å². The van der Waals surface area contributed by atoms with Crippen molar-refractivity contribution in [3.8, 4) is 5.69 Å². The molecule has 0 radical (unpaired) electrons. The molecule has 0 saturated heterocycles. The van der Waals surface area contributed by atoms with E-state index in [4.69, 9.17) is 34.8 Å². The van der Waals surface area contributed by atoms with E-state index in [0.717, 1.165) is 0 Å². The minimum absolute atomic E-state index is 0.00409. The fourth-order valence-electron chi connectivity index (χ4n) is 2.34. The van der Waals surface area contributed by atoms with Crippen molar-refractivity contribution >= 4 is 52.4 Å². The van der Waals surface area contributed by atoms with Crippen LogP contribution in [0.2, 0.25) is 0 Å². The van der Waals surface area contributed by atoms with Crippen LogP contribution in [-0.2, 0) is 17.4 Å². The highest BCUT2D eigenvalue weighted by molar-refractivity contribution is 6.63. The van der Waals surface area contributed by atoms with Gasteiger partial charge in [0, 0.05) is 5.69 Å². The van der Waals surface area contributed by atoms with E-state index in [1.54, 1.807) is 0 Å². The molecule has 0 aliphatic carbocycles. The predicted octanol–water partition coefficient (Wildman–Crippen LogP) is 4.98. The number of hydrogen-bond acceptors (Lipinski definition) is 3. The predicted molar refractivity (Wildman–Crippen MR) is 98.1 cm³/mol. The maximum atomic E-state index is 13.5. The summed E-state index contributed by atoms with van der Waals surface area (Å²) in [5, 5.41) is 14.9. The van der Waals surface area contributed by atoms with Crippen molar-refractivity contribution < 1.29 is 27.9 Å². The van der Waals surface area contributed by atoms with Crippen LogP contribution in [0.25, 0.3) is 5.69 Å². The van der Waals surface area contributed by atoms with Crippen LogP contribution in [0, 0.1) is 0 Å². The van der Waals surface area contributed by atoms with Gasteiger partial charge in [-0.05, 0) is 30.7 Å². The Balaban J connectivity index is 2.48. The van der Waals surface area contributed by atoms with Gasteiger partial charge in [0.2, 0.25) is 0 Å². The highest BCUT2D eigenvalue weighted by atomic mass is 35.5. The Morgan fingerprint density at radius 3 is 2.18 bits per heavy atom. The monoisotopic (exact) mass is 455 g/mol. The molecule has 6 nitrogen and oxygen atoms in total. The van der Waals surface area contributed by atoms with Gasteiger partial charge in [-0.3, -0.25) is 4.79 Å². The Bertz CT molecular complexity index is 950. The van der Waals surface area contributed by atoms with Gasteiger partial charge in [-0.1, -0.05) is 41.7 Å². The second kappa shape index (κ2) is 8.42. The van der Waals surface area contributed by atoms with Crippen LogP contribution in [0.3, 0.4) is 0 Å². The van der Waals surface area contributed by atoms with Crippen LogP contribution in [0.15, 0.2) is 33.8 Å². The molecule has 0 aliphatic rings. The van der Waals surface area contributed by atoms with Gasteiger partial charge in [0.05, 0.1) is 11.4 Å². The van der Waals surface area contributed by atoms with E-state index < -0.39 is 38.8 Å². The summed E-state index contributed by atoms with van der Waals surface area (Å²) >= 11 is 16.4. The molecule has 0 bridgehead atoms. The Morgan fingerprint density at radius 2 is 1.75 bits per heavy atom. The minimum Gasteiger partial charge on any atom is -0.478 e. The van der Waals surface area contributed by atoms with E-state index >= 15 is 0 Å². The molecule has 1 aromatic carbocycles. The fourth-order valence-corrected chi connectivity index (χ4v) is 2.56. The lowest BCUT2D eigenvalue weighted by molar-refractivity contribution is -0.143. The van der Waals surface area contributed by atoms with Crippen molar-refractivity contribution in [2.45, 2.75) is 19.5 Å². The molecule has 1 aromatic heterocycles. The van der Waals surface area contributed by atoms with Crippen LogP contribution >= 0.6 is 34.8 Å². The number of amides is 1. The molecule has 2 aromatic rings. The van der Waals surface area contributed by atoms with Gasteiger partial charge in [0.1, 0.15) is 15.1 Å². The topological polar surface area (TPSA) is 84.2 Å². The summed E-state index contributed by atoms with van der Waals surface area (Å²) in [5.74, 6) is -2.54. The Hall–Kier alpha value is -2.23. The third-order valence-corrected chi connectivity index (χ3v) is 4.44. The summed E-state index contributed by atoms with van der Waals surface area (Å²) in [6.07, 6.45) is -4.95. The molecule has 28 heavy (non-hydrogen) atoms. The molecular weight excluding hydrogens is 446 g/mol. The molecule has 0 spiro atoms. The average molecular weight is 457 g/mol. The number of nitrogens with one attached hydrogen (secondary N) is 1. The molecule has 0 aliphatic heterocycles. The van der Waals surface area contributed by atoms with Crippen molar-refractivity contribution in [3.63, 3.8) is 0 Å². The number of halogens is 6. The number of carbonyl (C=O) groups excluding carboxylic acids is 1. The van der Waals surface area contributed by atoms with Gasteiger partial charge in [-0.25, -0.2) is 9.48 Å². The Kier molecular flexibility index (Phi) is 6.63. The third kappa shape index (κ3) is 4.60. The van der Waals surface area contributed by atoms with Crippen LogP contribution < -0.4 is 5.32 Å². The lowest BCUT2D eigenvalue weighted by Gasteiger charge is -2.12. The first-order chi connectivity index (χ1) is 13.0. The smallest absolute Gasteiger partial charge is 0.434 e. The highest BCUT2D eigenvalue weighted by Crippen LogP contribution is 2.35. The van der Waals surface area contributed by atoms with E-state index in [9.17, 15) is 27.9 Å². The SMILES string of the molecule is CCc1nn(-c2ccc(NC(=O)C(Cl)=C(Cl)Cl)cc2)c(C(F)(F)F)c1C(=O)O. The summed E-state index contributed by atoms with van der Waals surface area (Å²) in [6, 6.07) is 5.02. The second-order valence-electron chi connectivity index (χ2n) is 5.31. The molecular formula is C16H11Cl3F3N3O3. The van der Waals surface area contributed by atoms with Gasteiger partial charge in [-0.2, -0.15) is 18.3 Å². The molecule has 1 amide bonds. The number of anilines is 1. The van der Waals surface area contributed by atoms with Gasteiger partial charge in [-0.15, -0.1) is 0 Å². The van der Waals surface area contributed by atoms with Gasteiger partial charge in [0.25, 0.3) is 5.91 Å². The number of aromatic nitrogens is 2. The molecule has 2 rings (SSSR count). The number of rotatable bonds is 5. The van der Waals surface area contributed by atoms with Crippen LogP contribution in [0.5, 0.6) is 0 Å². The number of aromatic carboxylic acids is 1. The minimum atomic E-state index is -4.95. The standard InChI is InChI=1S/C16H11Cl3F3N3O3/c1-2-9-10(15(27)28)12(16(20,21)22)25(24-9)8-5-3-7(4-6-8)23-14(26)11(17)13(18)19/h3-6H,2H2,1H3,(H,23,26)(H,27,28). The third-order valence-electron chi connectivity index (χ3n) is 3.51. The first-order valence-electron chi connectivity index (χ1n) is 7.52. The zero-order valence-electron chi connectivity index (χ0n) is 13.9. The molecule has 0 unspecified atom stereocenters. The number of hydrogen-bond donors (Lipinski definition) is 2. The molecule has 2 N–H and O–H groups in total. The lowest BCUT2D eigenvalue weighted by atomic mass is 10.1. The van der Waals surface area contributed by atoms with Gasteiger partial charge >= 0.3 is 12.1 Å². The van der Waals surface area contributed by atoms with Crippen molar-refractivity contribution in [3.05, 3.63) is 50.7 Å². The second-order valence-corrected chi connectivity index (χ2v) is 6.64. The fraction of sp³-hybridized carbons (Fsp3) is 0.188. The summed E-state index contributed by atoms with van der Waals surface area (Å²) in [7, 11) is 0. The summed E-state index contributed by atoms with van der Waals surface area (Å²) in [6.45, 7) is 1.50. The largest absolute Gasteiger partial charge is 0.478 e. The number of nitrogens with zero attached hydrogens (tertiary/aromatic N) is 2. The van der Waals surface area contributed by atoms with Gasteiger partial charge < -0.3 is 10.4 Å². The Labute approximate surface area is 171 Å². The highest BCUT2D eigenvalue weighted by Gasteiger charge is 2.42. The summed E-state index contributed by atoms with van der Waals surface area (Å²) in [5.41, 5.74) is -2.36. The number of carboxylic acids is 1. The maximum absolute atomic E-state index is 13.5. The maximum Gasteiger partial charge on any atom is 0.434 e. The van der Waals surface area contributed by atoms with Gasteiger partial charge in [0.15, 0.2) is 5.69 Å². The lowest BCUT2D eigenvalue weighted by Crippen LogP contribution is -2.17. The zero-order chi connectivity index (χ0) is 21.2. The average Bonchev–Trinajstić information content (AvgIpc) is 3.01. The molecule has 12 heteroatoms. The van der Waals surface area contributed by atoms with Crippen molar-refractivity contribution in [2.24, 2.45) is 0 Å². The zero-order valence-corrected chi connectivity index (χ0v) is 16.2. The molecule has 0 saturated carbocycles. The van der Waals surface area contributed by atoms with E-state index in [1.807, 2.05) is 0 Å². The number of alkyl halides is 3. The number of aryl methyl sites for hydroxylation is 1. The first kappa shape index (κ1) is 22.1. The summed E-state index contributed by atoms with van der Waals surface area (Å²) < 4.78 is 40.5. The summed E-state index contributed by atoms with van der Waals surface area (Å²) in [4.78, 5) is 23.1. The first-order valence-corrected chi connectivity index (χ1v) is 8.65. The quantitative estimate of drug-likeness (QED) is 0.622. The van der Waals surface area contributed by atoms with Crippen molar-refractivity contribution in [1.82, 2.24) is 9.78 Å². The Morgan fingerprint density at radius 1 is 1.18 bits per heavy atom. The van der Waals surface area contributed by atoms with E-state index in [1.165, 1.54) is 31.2 Å². The number of carbonyl (C=O) groups is 2. The van der Waals surface area contributed by atoms with Crippen LogP contribution in [0.4, 0.5) is 18.9 Å². The number of carboxylic acid groups (broad SMARTS) is 1. The molecule has 150 valence electrons. The molecule has 1 heterocycles. The molecule has 0 fully saturated rings. The van der Waals surface area contributed by atoms with Crippen LogP contribution in [-0.4, -0.2) is 26.8 Å². The van der Waals surface area contributed by atoms with E-state index in [2.05, 4.69) is 10.4 Å².